The fourth-order valence-corrected chi connectivity index (χ4v) is 3.24. The molecule has 0 aromatic heterocycles. The molecule has 6 nitrogen and oxygen atoms in total. The number of piperazine rings is 1. The Hall–Kier alpha value is -2.71. The number of halogens is 2. The number of rotatable bonds is 3. The molecule has 0 atom stereocenters. The predicted octanol–water partition coefficient (Wildman–Crippen LogP) is 3.22. The Morgan fingerprint density at radius 2 is 1.89 bits per heavy atom. The molecule has 0 saturated carbocycles. The van der Waals surface area contributed by atoms with Gasteiger partial charge in [0.2, 0.25) is 5.91 Å². The maximum atomic E-state index is 13.0. The van der Waals surface area contributed by atoms with Crippen molar-refractivity contribution in [3.63, 3.8) is 0 Å². The van der Waals surface area contributed by atoms with E-state index in [1.807, 2.05) is 0 Å². The smallest absolute Gasteiger partial charge is 0.337 e. The van der Waals surface area contributed by atoms with Crippen molar-refractivity contribution in [2.45, 2.75) is 0 Å². The number of anilines is 2. The molecule has 1 aliphatic rings. The highest BCUT2D eigenvalue weighted by molar-refractivity contribution is 7.80. The number of hydrogen-bond donors (Lipinski definition) is 2. The van der Waals surface area contributed by atoms with Crippen LogP contribution in [-0.4, -0.2) is 46.6 Å². The van der Waals surface area contributed by atoms with Crippen LogP contribution < -0.4 is 10.2 Å². The van der Waals surface area contributed by atoms with Crippen molar-refractivity contribution < 1.29 is 19.1 Å². The van der Waals surface area contributed by atoms with E-state index < -0.39 is 5.97 Å². The van der Waals surface area contributed by atoms with Gasteiger partial charge in [0.25, 0.3) is 0 Å². The van der Waals surface area contributed by atoms with Gasteiger partial charge in [-0.2, -0.15) is 0 Å². The molecule has 140 valence electrons. The molecule has 9 heteroatoms. The van der Waals surface area contributed by atoms with Crippen molar-refractivity contribution >= 4 is 52.2 Å². The van der Waals surface area contributed by atoms with Crippen LogP contribution in [-0.2, 0) is 4.79 Å². The lowest BCUT2D eigenvalue weighted by molar-refractivity contribution is -0.120. The Morgan fingerprint density at radius 1 is 1.19 bits per heavy atom. The summed E-state index contributed by atoms with van der Waals surface area (Å²) in [7, 11) is 0. The van der Waals surface area contributed by atoms with E-state index in [1.165, 1.54) is 24.3 Å². The van der Waals surface area contributed by atoms with Crippen LogP contribution in [0.15, 0.2) is 42.5 Å². The summed E-state index contributed by atoms with van der Waals surface area (Å²) in [5.41, 5.74) is 1.16. The normalized spacial score (nSPS) is 14.2. The van der Waals surface area contributed by atoms with Crippen LogP contribution >= 0.6 is 23.8 Å². The number of carbonyl (C=O) groups excluding carboxylic acids is 1. The Kier molecular flexibility index (Phi) is 5.57. The lowest BCUT2D eigenvalue weighted by Crippen LogP contribution is -2.53. The highest BCUT2D eigenvalue weighted by Gasteiger charge is 2.26. The first-order chi connectivity index (χ1) is 12.8. The Bertz CT molecular complexity index is 907. The van der Waals surface area contributed by atoms with Gasteiger partial charge in [0.05, 0.1) is 17.1 Å². The van der Waals surface area contributed by atoms with Gasteiger partial charge in [-0.25, -0.2) is 9.18 Å². The molecule has 1 saturated heterocycles. The maximum Gasteiger partial charge on any atom is 0.337 e. The van der Waals surface area contributed by atoms with Gasteiger partial charge in [-0.1, -0.05) is 11.6 Å². The lowest BCUT2D eigenvalue weighted by atomic mass is 10.2. The number of amides is 1. The lowest BCUT2D eigenvalue weighted by Gasteiger charge is -2.35. The molecule has 0 spiro atoms. The van der Waals surface area contributed by atoms with E-state index in [-0.39, 0.29) is 28.9 Å². The molecule has 2 aromatic carbocycles. The third-order valence-electron chi connectivity index (χ3n) is 4.10. The van der Waals surface area contributed by atoms with Gasteiger partial charge in [0, 0.05) is 24.5 Å². The summed E-state index contributed by atoms with van der Waals surface area (Å²) >= 11 is 11.3. The minimum absolute atomic E-state index is 0.00350. The monoisotopic (exact) mass is 407 g/mol. The molecule has 0 bridgehead atoms. The Labute approximate surface area is 165 Å². The van der Waals surface area contributed by atoms with Gasteiger partial charge in [0.1, 0.15) is 5.82 Å². The summed E-state index contributed by atoms with van der Waals surface area (Å²) < 4.78 is 13.0. The van der Waals surface area contributed by atoms with Crippen molar-refractivity contribution in [1.82, 2.24) is 4.90 Å². The fraction of sp³-hybridized carbons (Fsp3) is 0.167. The quantitative estimate of drug-likeness (QED) is 0.761. The van der Waals surface area contributed by atoms with Gasteiger partial charge >= 0.3 is 5.97 Å². The largest absolute Gasteiger partial charge is 0.478 e. The first kappa shape index (κ1) is 19.1. The zero-order chi connectivity index (χ0) is 19.6. The molecular formula is C18H15ClFN3O3S. The Morgan fingerprint density at radius 3 is 2.48 bits per heavy atom. The van der Waals surface area contributed by atoms with Crippen molar-refractivity contribution in [1.29, 1.82) is 0 Å². The first-order valence-electron chi connectivity index (χ1n) is 8.00. The number of thiocarbonyl (C=S) groups is 1. The summed E-state index contributed by atoms with van der Waals surface area (Å²) in [4.78, 5) is 26.7. The van der Waals surface area contributed by atoms with Crippen molar-refractivity contribution in [2.75, 3.05) is 29.9 Å². The van der Waals surface area contributed by atoms with E-state index in [1.54, 1.807) is 28.0 Å². The van der Waals surface area contributed by atoms with Crippen LogP contribution in [0.3, 0.4) is 0 Å². The van der Waals surface area contributed by atoms with E-state index in [0.717, 1.165) is 0 Å². The summed E-state index contributed by atoms with van der Waals surface area (Å²) in [6, 6.07) is 10.1. The average Bonchev–Trinajstić information content (AvgIpc) is 2.62. The number of nitrogens with zero attached hydrogens (tertiary/aromatic N) is 2. The summed E-state index contributed by atoms with van der Waals surface area (Å²) in [6.07, 6.45) is 0. The number of carboxylic acid groups (broad SMARTS) is 1. The van der Waals surface area contributed by atoms with Crippen LogP contribution in [0.25, 0.3) is 0 Å². The van der Waals surface area contributed by atoms with E-state index >= 15 is 0 Å². The zero-order valence-electron chi connectivity index (χ0n) is 14.0. The molecule has 1 aliphatic heterocycles. The maximum absolute atomic E-state index is 13.0. The number of carboxylic acids is 1. The van der Waals surface area contributed by atoms with E-state index in [9.17, 15) is 14.0 Å². The molecule has 1 fully saturated rings. The van der Waals surface area contributed by atoms with Gasteiger partial charge in [0.15, 0.2) is 5.11 Å². The summed E-state index contributed by atoms with van der Waals surface area (Å²) in [5.74, 6) is -1.63. The van der Waals surface area contributed by atoms with Crippen LogP contribution in [0, 0.1) is 5.82 Å². The van der Waals surface area contributed by atoms with Crippen molar-refractivity contribution in [3.05, 3.63) is 58.9 Å². The molecule has 2 N–H and O–H groups in total. The highest BCUT2D eigenvalue weighted by atomic mass is 35.5. The number of nitrogens with one attached hydrogen (secondary N) is 1. The number of benzene rings is 2. The fourth-order valence-electron chi connectivity index (χ4n) is 2.71. The second kappa shape index (κ2) is 7.89. The summed E-state index contributed by atoms with van der Waals surface area (Å²) in [6.45, 7) is 0.977. The van der Waals surface area contributed by atoms with Gasteiger partial charge in [-0.3, -0.25) is 4.79 Å². The minimum atomic E-state index is -1.11. The second-order valence-corrected chi connectivity index (χ2v) is 6.67. The number of hydrogen-bond acceptors (Lipinski definition) is 3. The van der Waals surface area contributed by atoms with Crippen molar-refractivity contribution in [3.8, 4) is 0 Å². The molecule has 0 unspecified atom stereocenters. The van der Waals surface area contributed by atoms with E-state index in [0.29, 0.717) is 29.6 Å². The van der Waals surface area contributed by atoms with Crippen LogP contribution in [0.5, 0.6) is 0 Å². The second-order valence-electron chi connectivity index (χ2n) is 5.87. The molecule has 1 amide bonds. The third kappa shape index (κ3) is 4.35. The molecule has 3 rings (SSSR count). The zero-order valence-corrected chi connectivity index (χ0v) is 15.6. The van der Waals surface area contributed by atoms with Gasteiger partial charge in [-0.15, -0.1) is 0 Å². The number of aromatic carboxylic acids is 1. The highest BCUT2D eigenvalue weighted by Crippen LogP contribution is 2.22. The third-order valence-corrected chi connectivity index (χ3v) is 4.77. The molecule has 27 heavy (non-hydrogen) atoms. The van der Waals surface area contributed by atoms with Gasteiger partial charge < -0.3 is 20.2 Å². The van der Waals surface area contributed by atoms with Crippen molar-refractivity contribution in [2.24, 2.45) is 0 Å². The molecule has 2 aromatic rings. The topological polar surface area (TPSA) is 72.9 Å². The Balaban J connectivity index is 1.64. The van der Waals surface area contributed by atoms with Crippen LogP contribution in [0.1, 0.15) is 10.4 Å². The summed E-state index contributed by atoms with van der Waals surface area (Å²) in [5, 5.41) is 12.4. The van der Waals surface area contributed by atoms with Gasteiger partial charge in [-0.05, 0) is 54.7 Å². The van der Waals surface area contributed by atoms with E-state index in [2.05, 4.69) is 5.32 Å². The first-order valence-corrected chi connectivity index (χ1v) is 8.78. The predicted molar refractivity (Wildman–Crippen MR) is 105 cm³/mol. The molecular weight excluding hydrogens is 393 g/mol. The van der Waals surface area contributed by atoms with Crippen LogP contribution in [0.2, 0.25) is 5.02 Å². The molecule has 1 heterocycles. The van der Waals surface area contributed by atoms with Crippen LogP contribution in [0.4, 0.5) is 15.8 Å². The van der Waals surface area contributed by atoms with E-state index in [4.69, 9.17) is 28.9 Å². The average molecular weight is 408 g/mol. The number of carbonyl (C=O) groups is 2. The standard InChI is InChI=1S/C18H15ClFN3O3S/c19-15-9-12(3-6-14(15)17(25)26)21-18(27)22-7-8-23(16(24)10-22)13-4-1-11(20)2-5-13/h1-6,9H,7-8,10H2,(H,21,27)(H,25,26). The molecule has 0 radical (unpaired) electrons. The SMILES string of the molecule is O=C(O)c1ccc(NC(=S)N2CCN(c3ccc(F)cc3)C(=O)C2)cc1Cl. The molecule has 0 aliphatic carbocycles. The minimum Gasteiger partial charge on any atom is -0.478 e.